The van der Waals surface area contributed by atoms with Crippen molar-refractivity contribution >= 4 is 17.5 Å². The zero-order valence-corrected chi connectivity index (χ0v) is 16.8. The number of para-hydroxylation sites is 1. The monoisotopic (exact) mass is 399 g/mol. The summed E-state index contributed by atoms with van der Waals surface area (Å²) in [5.74, 6) is 1.44. The molecule has 0 aliphatic carbocycles. The molecular formula is C21H22ClN3O3. The maximum Gasteiger partial charge on any atom is 0.247 e. The summed E-state index contributed by atoms with van der Waals surface area (Å²) in [6.07, 6.45) is 0.236. The number of aromatic nitrogens is 2. The molecule has 0 fully saturated rings. The Balaban J connectivity index is 1.74. The van der Waals surface area contributed by atoms with E-state index in [2.05, 4.69) is 10.2 Å². The van der Waals surface area contributed by atoms with Gasteiger partial charge in [0.05, 0.1) is 20.1 Å². The minimum atomic E-state index is -0.0363. The summed E-state index contributed by atoms with van der Waals surface area (Å²) in [6, 6.07) is 14.6. The first-order chi connectivity index (χ1) is 13.5. The first kappa shape index (κ1) is 19.9. The smallest absolute Gasteiger partial charge is 0.247 e. The van der Waals surface area contributed by atoms with Crippen LogP contribution in [0.1, 0.15) is 25.3 Å². The van der Waals surface area contributed by atoms with Crippen LogP contribution in [-0.4, -0.2) is 34.2 Å². The third kappa shape index (κ3) is 4.70. The average Bonchev–Trinajstić information content (AvgIpc) is 3.15. The first-order valence-electron chi connectivity index (χ1n) is 8.97. The van der Waals surface area contributed by atoms with E-state index in [9.17, 15) is 4.79 Å². The van der Waals surface area contributed by atoms with Crippen LogP contribution >= 0.6 is 11.6 Å². The van der Waals surface area contributed by atoms with Gasteiger partial charge in [-0.1, -0.05) is 29.8 Å². The van der Waals surface area contributed by atoms with Gasteiger partial charge < -0.3 is 14.1 Å². The fourth-order valence-corrected chi connectivity index (χ4v) is 2.97. The molecule has 0 saturated heterocycles. The molecule has 7 heteroatoms. The molecular weight excluding hydrogens is 378 g/mol. The quantitative estimate of drug-likeness (QED) is 0.589. The molecule has 0 aliphatic heterocycles. The molecule has 0 N–H and O–H groups in total. The lowest BCUT2D eigenvalue weighted by Crippen LogP contribution is -2.37. The molecule has 1 heterocycles. The highest BCUT2D eigenvalue weighted by molar-refractivity contribution is 6.30. The second-order valence-electron chi connectivity index (χ2n) is 6.61. The van der Waals surface area contributed by atoms with E-state index >= 15 is 0 Å². The molecule has 0 atom stereocenters. The van der Waals surface area contributed by atoms with Gasteiger partial charge in [-0.25, -0.2) is 0 Å². The van der Waals surface area contributed by atoms with Crippen molar-refractivity contribution in [2.45, 2.75) is 32.9 Å². The van der Waals surface area contributed by atoms with Gasteiger partial charge >= 0.3 is 0 Å². The maximum absolute atomic E-state index is 12.9. The fraction of sp³-hybridized carbons (Fsp3) is 0.286. The van der Waals surface area contributed by atoms with Gasteiger partial charge in [-0.2, -0.15) is 0 Å². The van der Waals surface area contributed by atoms with E-state index in [-0.39, 0.29) is 24.9 Å². The van der Waals surface area contributed by atoms with Crippen LogP contribution in [-0.2, 0) is 17.8 Å². The van der Waals surface area contributed by atoms with Gasteiger partial charge in [0.2, 0.25) is 17.7 Å². The number of hydrogen-bond acceptors (Lipinski definition) is 5. The largest absolute Gasteiger partial charge is 0.496 e. The number of amides is 1. The SMILES string of the molecule is COc1ccccc1CC(=O)N(Cc1nnc(-c2ccc(Cl)cc2)o1)C(C)C. The number of carbonyl (C=O) groups is 1. The van der Waals surface area contributed by atoms with Gasteiger partial charge in [0, 0.05) is 22.2 Å². The highest BCUT2D eigenvalue weighted by Gasteiger charge is 2.22. The molecule has 3 aromatic rings. The first-order valence-corrected chi connectivity index (χ1v) is 9.35. The number of nitrogens with zero attached hydrogens (tertiary/aromatic N) is 3. The number of hydrogen-bond donors (Lipinski definition) is 0. The Labute approximate surface area is 169 Å². The Morgan fingerprint density at radius 3 is 2.54 bits per heavy atom. The van der Waals surface area contributed by atoms with Gasteiger partial charge in [-0.3, -0.25) is 4.79 Å². The molecule has 0 saturated carbocycles. The number of rotatable bonds is 7. The lowest BCUT2D eigenvalue weighted by atomic mass is 10.1. The van der Waals surface area contributed by atoms with Crippen LogP contribution in [0, 0.1) is 0 Å². The number of ether oxygens (including phenoxy) is 1. The maximum atomic E-state index is 12.9. The number of benzene rings is 2. The molecule has 28 heavy (non-hydrogen) atoms. The zero-order valence-electron chi connectivity index (χ0n) is 16.1. The Hall–Kier alpha value is -2.86. The van der Waals surface area contributed by atoms with E-state index in [1.165, 1.54) is 0 Å². The van der Waals surface area contributed by atoms with Crippen LogP contribution in [0.2, 0.25) is 5.02 Å². The minimum absolute atomic E-state index is 0.0203. The predicted octanol–water partition coefficient (Wildman–Crippen LogP) is 4.38. The van der Waals surface area contributed by atoms with Crippen LogP contribution in [0.5, 0.6) is 5.75 Å². The molecule has 146 valence electrons. The van der Waals surface area contributed by atoms with E-state index in [1.54, 1.807) is 24.1 Å². The second kappa shape index (κ2) is 8.89. The number of carbonyl (C=O) groups excluding carboxylic acids is 1. The molecule has 2 aromatic carbocycles. The molecule has 0 spiro atoms. The molecule has 0 aliphatic rings. The van der Waals surface area contributed by atoms with Gasteiger partial charge in [0.15, 0.2) is 0 Å². The van der Waals surface area contributed by atoms with Crippen molar-refractivity contribution in [2.75, 3.05) is 7.11 Å². The van der Waals surface area contributed by atoms with E-state index in [4.69, 9.17) is 20.8 Å². The van der Waals surface area contributed by atoms with Crippen molar-refractivity contribution in [1.29, 1.82) is 0 Å². The number of halogens is 1. The third-order valence-corrected chi connectivity index (χ3v) is 4.59. The predicted molar refractivity (Wildman–Crippen MR) is 107 cm³/mol. The second-order valence-corrected chi connectivity index (χ2v) is 7.05. The Kier molecular flexibility index (Phi) is 6.31. The van der Waals surface area contributed by atoms with Crippen molar-refractivity contribution < 1.29 is 13.9 Å². The van der Waals surface area contributed by atoms with Crippen LogP contribution in [0.25, 0.3) is 11.5 Å². The Morgan fingerprint density at radius 2 is 1.86 bits per heavy atom. The molecule has 3 rings (SSSR count). The van der Waals surface area contributed by atoms with E-state index in [0.29, 0.717) is 22.6 Å². The van der Waals surface area contributed by atoms with Gasteiger partial charge in [-0.05, 0) is 44.2 Å². The summed E-state index contributed by atoms with van der Waals surface area (Å²) in [5, 5.41) is 8.81. The van der Waals surface area contributed by atoms with Gasteiger partial charge in [0.25, 0.3) is 0 Å². The normalized spacial score (nSPS) is 10.9. The molecule has 0 radical (unpaired) electrons. The zero-order chi connectivity index (χ0) is 20.1. The highest BCUT2D eigenvalue weighted by atomic mass is 35.5. The average molecular weight is 400 g/mol. The summed E-state index contributed by atoms with van der Waals surface area (Å²) in [7, 11) is 1.60. The van der Waals surface area contributed by atoms with Crippen LogP contribution < -0.4 is 4.74 Å². The number of methoxy groups -OCH3 is 1. The van der Waals surface area contributed by atoms with Crippen LogP contribution in [0.3, 0.4) is 0 Å². The Bertz CT molecular complexity index is 938. The lowest BCUT2D eigenvalue weighted by molar-refractivity contribution is -0.133. The summed E-state index contributed by atoms with van der Waals surface area (Å²) >= 11 is 5.91. The summed E-state index contributed by atoms with van der Waals surface area (Å²) in [5.41, 5.74) is 1.62. The van der Waals surface area contributed by atoms with Gasteiger partial charge in [0.1, 0.15) is 5.75 Å². The van der Waals surface area contributed by atoms with E-state index < -0.39 is 0 Å². The van der Waals surface area contributed by atoms with E-state index in [1.807, 2.05) is 50.2 Å². The molecule has 6 nitrogen and oxygen atoms in total. The fourth-order valence-electron chi connectivity index (χ4n) is 2.84. The summed E-state index contributed by atoms with van der Waals surface area (Å²) < 4.78 is 11.1. The van der Waals surface area contributed by atoms with Crippen molar-refractivity contribution in [3.63, 3.8) is 0 Å². The third-order valence-electron chi connectivity index (χ3n) is 4.34. The lowest BCUT2D eigenvalue weighted by Gasteiger charge is -2.25. The standard InChI is InChI=1S/C21H22ClN3O3/c1-14(2)25(20(26)12-16-6-4-5-7-18(16)27-3)13-19-23-24-21(28-19)15-8-10-17(22)11-9-15/h4-11,14H,12-13H2,1-3H3. The molecule has 1 aromatic heterocycles. The van der Waals surface area contributed by atoms with Crippen molar-refractivity contribution in [3.8, 4) is 17.2 Å². The highest BCUT2D eigenvalue weighted by Crippen LogP contribution is 2.22. The van der Waals surface area contributed by atoms with E-state index in [0.717, 1.165) is 11.1 Å². The van der Waals surface area contributed by atoms with Crippen molar-refractivity contribution in [2.24, 2.45) is 0 Å². The van der Waals surface area contributed by atoms with Crippen LogP contribution in [0.15, 0.2) is 52.9 Å². The summed E-state index contributed by atoms with van der Waals surface area (Å²) in [6.45, 7) is 4.15. The Morgan fingerprint density at radius 1 is 1.14 bits per heavy atom. The molecule has 1 amide bonds. The van der Waals surface area contributed by atoms with Crippen molar-refractivity contribution in [3.05, 3.63) is 65.0 Å². The topological polar surface area (TPSA) is 68.5 Å². The van der Waals surface area contributed by atoms with Crippen LogP contribution in [0.4, 0.5) is 0 Å². The molecule has 0 unspecified atom stereocenters. The summed E-state index contributed by atoms with van der Waals surface area (Å²) in [4.78, 5) is 14.6. The van der Waals surface area contributed by atoms with Crippen molar-refractivity contribution in [1.82, 2.24) is 15.1 Å². The minimum Gasteiger partial charge on any atom is -0.496 e. The molecule has 0 bridgehead atoms. The van der Waals surface area contributed by atoms with Gasteiger partial charge in [-0.15, -0.1) is 10.2 Å².